The first-order chi connectivity index (χ1) is 4.63. The minimum Gasteiger partial charge on any atom is -0.266 e. The Bertz CT molecular complexity index is 81.3. The van der Waals surface area contributed by atoms with Crippen LogP contribution in [-0.4, -0.2) is 30.7 Å². The minimum absolute atomic E-state index is 0.0694. The van der Waals surface area contributed by atoms with Crippen molar-refractivity contribution in [1.29, 1.82) is 0 Å². The molecule has 0 aliphatic carbocycles. The highest BCUT2D eigenvalue weighted by Gasteiger charge is 2.31. The summed E-state index contributed by atoms with van der Waals surface area (Å²) in [6, 6.07) is 0. The fourth-order valence-corrected chi connectivity index (χ4v) is 1.08. The van der Waals surface area contributed by atoms with Crippen molar-refractivity contribution in [3.8, 4) is 0 Å². The van der Waals surface area contributed by atoms with Gasteiger partial charge in [-0.05, 0) is 20.8 Å². The van der Waals surface area contributed by atoms with E-state index in [1.54, 1.807) is 20.8 Å². The maximum absolute atomic E-state index is 12.3. The normalized spacial score (nSPS) is 12.6. The molecular formula is C7H16F2N+. The standard InChI is InChI=1S/C7H16F2N/c1-4-10(5-2,6-3)7(8)9/h7H,4-6H2,1-3H3/q+1. The maximum atomic E-state index is 12.3. The topological polar surface area (TPSA) is 0 Å². The van der Waals surface area contributed by atoms with Crippen LogP contribution < -0.4 is 0 Å². The van der Waals surface area contributed by atoms with Gasteiger partial charge in [-0.1, -0.05) is 0 Å². The SMILES string of the molecule is CC[N+](CC)(CC)C(F)F. The van der Waals surface area contributed by atoms with Gasteiger partial charge in [0.05, 0.1) is 19.6 Å². The number of nitrogens with zero attached hydrogens (tertiary/aromatic N) is 1. The van der Waals surface area contributed by atoms with E-state index in [0.29, 0.717) is 19.6 Å². The van der Waals surface area contributed by atoms with Crippen LogP contribution in [0.3, 0.4) is 0 Å². The van der Waals surface area contributed by atoms with Crippen molar-refractivity contribution in [1.82, 2.24) is 0 Å². The van der Waals surface area contributed by atoms with Crippen LogP contribution in [0.4, 0.5) is 8.78 Å². The predicted octanol–water partition coefficient (Wildman–Crippen LogP) is 2.09. The quantitative estimate of drug-likeness (QED) is 0.427. The van der Waals surface area contributed by atoms with E-state index in [4.69, 9.17) is 0 Å². The molecule has 0 amide bonds. The van der Waals surface area contributed by atoms with E-state index in [1.807, 2.05) is 0 Å². The molecule has 0 radical (unpaired) electrons. The van der Waals surface area contributed by atoms with Gasteiger partial charge in [0.1, 0.15) is 0 Å². The van der Waals surface area contributed by atoms with Crippen LogP contribution in [0.1, 0.15) is 20.8 Å². The molecule has 0 aliphatic heterocycles. The lowest BCUT2D eigenvalue weighted by atomic mass is 10.4. The van der Waals surface area contributed by atoms with E-state index >= 15 is 0 Å². The molecule has 0 saturated heterocycles. The summed E-state index contributed by atoms with van der Waals surface area (Å²) >= 11 is 0. The van der Waals surface area contributed by atoms with Gasteiger partial charge >= 0.3 is 6.55 Å². The summed E-state index contributed by atoms with van der Waals surface area (Å²) < 4.78 is 24.6. The van der Waals surface area contributed by atoms with Gasteiger partial charge in [0.2, 0.25) is 0 Å². The molecule has 62 valence electrons. The van der Waals surface area contributed by atoms with Crippen molar-refractivity contribution < 1.29 is 13.3 Å². The van der Waals surface area contributed by atoms with Gasteiger partial charge in [0.15, 0.2) is 0 Å². The Kier molecular flexibility index (Phi) is 3.79. The van der Waals surface area contributed by atoms with Gasteiger partial charge in [-0.3, -0.25) is 4.48 Å². The fourth-order valence-electron chi connectivity index (χ4n) is 1.08. The van der Waals surface area contributed by atoms with Crippen molar-refractivity contribution in [2.45, 2.75) is 27.3 Å². The summed E-state index contributed by atoms with van der Waals surface area (Å²) in [6.45, 7) is 4.75. The Labute approximate surface area is 61.2 Å². The lowest BCUT2D eigenvalue weighted by Crippen LogP contribution is -2.51. The van der Waals surface area contributed by atoms with Crippen LogP contribution in [-0.2, 0) is 0 Å². The smallest absolute Gasteiger partial charge is 0.266 e. The van der Waals surface area contributed by atoms with E-state index in [9.17, 15) is 8.78 Å². The average molecular weight is 152 g/mol. The zero-order chi connectivity index (χ0) is 8.20. The molecular weight excluding hydrogens is 136 g/mol. The third-order valence-electron chi connectivity index (χ3n) is 2.30. The van der Waals surface area contributed by atoms with Gasteiger partial charge in [-0.2, -0.15) is 8.78 Å². The summed E-state index contributed by atoms with van der Waals surface area (Å²) in [5.74, 6) is 0. The number of quaternary nitrogens is 1. The Morgan fingerprint density at radius 1 is 1.00 bits per heavy atom. The Balaban J connectivity index is 4.15. The molecule has 0 aromatic carbocycles. The third-order valence-corrected chi connectivity index (χ3v) is 2.30. The predicted molar refractivity (Wildman–Crippen MR) is 37.9 cm³/mol. The average Bonchev–Trinajstić information content (AvgIpc) is 1.92. The molecule has 0 heterocycles. The third kappa shape index (κ3) is 1.66. The van der Waals surface area contributed by atoms with Gasteiger partial charge in [0.25, 0.3) is 0 Å². The van der Waals surface area contributed by atoms with Crippen LogP contribution in [0, 0.1) is 0 Å². The minimum atomic E-state index is -2.22. The molecule has 0 aliphatic rings. The number of halogens is 2. The first-order valence-corrected chi connectivity index (χ1v) is 3.76. The molecule has 0 atom stereocenters. The van der Waals surface area contributed by atoms with Crippen LogP contribution in [0.15, 0.2) is 0 Å². The second-order valence-electron chi connectivity index (χ2n) is 2.44. The highest BCUT2D eigenvalue weighted by atomic mass is 19.3. The Hall–Kier alpha value is -0.180. The first-order valence-electron chi connectivity index (χ1n) is 3.76. The van der Waals surface area contributed by atoms with Crippen LogP contribution >= 0.6 is 0 Å². The lowest BCUT2D eigenvalue weighted by molar-refractivity contribution is -0.974. The highest BCUT2D eigenvalue weighted by molar-refractivity contribution is 4.31. The van der Waals surface area contributed by atoms with Crippen molar-refractivity contribution >= 4 is 0 Å². The van der Waals surface area contributed by atoms with Crippen molar-refractivity contribution in [2.24, 2.45) is 0 Å². The Morgan fingerprint density at radius 2 is 1.30 bits per heavy atom. The molecule has 0 aromatic rings. The largest absolute Gasteiger partial charge is 0.380 e. The second-order valence-corrected chi connectivity index (χ2v) is 2.44. The monoisotopic (exact) mass is 152 g/mol. The van der Waals surface area contributed by atoms with Gasteiger partial charge < -0.3 is 0 Å². The number of alkyl halides is 2. The summed E-state index contributed by atoms with van der Waals surface area (Å²) in [5.41, 5.74) is 0. The summed E-state index contributed by atoms with van der Waals surface area (Å²) in [5, 5.41) is 0. The van der Waals surface area contributed by atoms with E-state index in [2.05, 4.69) is 0 Å². The van der Waals surface area contributed by atoms with Gasteiger partial charge in [0, 0.05) is 0 Å². The van der Waals surface area contributed by atoms with Crippen LogP contribution in [0.2, 0.25) is 0 Å². The summed E-state index contributed by atoms with van der Waals surface area (Å²) in [6.07, 6.45) is 0. The number of hydrogen-bond donors (Lipinski definition) is 0. The molecule has 0 unspecified atom stereocenters. The van der Waals surface area contributed by atoms with Gasteiger partial charge in [-0.25, -0.2) is 0 Å². The second kappa shape index (κ2) is 3.86. The lowest BCUT2D eigenvalue weighted by Gasteiger charge is -2.33. The molecule has 10 heavy (non-hydrogen) atoms. The summed E-state index contributed by atoms with van der Waals surface area (Å²) in [4.78, 5) is 0. The van der Waals surface area contributed by atoms with E-state index in [1.165, 1.54) is 0 Å². The molecule has 0 aromatic heterocycles. The van der Waals surface area contributed by atoms with E-state index in [-0.39, 0.29) is 4.48 Å². The number of rotatable bonds is 4. The molecule has 0 rings (SSSR count). The fraction of sp³-hybridized carbons (Fsp3) is 1.00. The Morgan fingerprint density at radius 3 is 1.30 bits per heavy atom. The van der Waals surface area contributed by atoms with Crippen LogP contribution in [0.5, 0.6) is 0 Å². The van der Waals surface area contributed by atoms with E-state index < -0.39 is 6.55 Å². The molecule has 0 N–H and O–H groups in total. The van der Waals surface area contributed by atoms with E-state index in [0.717, 1.165) is 0 Å². The van der Waals surface area contributed by atoms with Gasteiger partial charge in [-0.15, -0.1) is 0 Å². The van der Waals surface area contributed by atoms with Crippen LogP contribution in [0.25, 0.3) is 0 Å². The molecule has 3 heteroatoms. The molecule has 0 spiro atoms. The zero-order valence-corrected chi connectivity index (χ0v) is 6.90. The zero-order valence-electron chi connectivity index (χ0n) is 6.90. The van der Waals surface area contributed by atoms with Crippen molar-refractivity contribution in [2.75, 3.05) is 19.6 Å². The highest BCUT2D eigenvalue weighted by Crippen LogP contribution is 2.14. The first kappa shape index (κ1) is 9.82. The molecule has 1 nitrogen and oxygen atoms in total. The maximum Gasteiger partial charge on any atom is 0.380 e. The van der Waals surface area contributed by atoms with Crippen molar-refractivity contribution in [3.63, 3.8) is 0 Å². The molecule has 0 fully saturated rings. The number of hydrogen-bond acceptors (Lipinski definition) is 0. The summed E-state index contributed by atoms with van der Waals surface area (Å²) in [7, 11) is 0. The van der Waals surface area contributed by atoms with Crippen molar-refractivity contribution in [3.05, 3.63) is 0 Å². The molecule has 0 saturated carbocycles. The molecule has 0 bridgehead atoms.